The van der Waals surface area contributed by atoms with Gasteiger partial charge in [0.2, 0.25) is 0 Å². The molecule has 1 unspecified atom stereocenters. The molecule has 0 spiro atoms. The lowest BCUT2D eigenvalue weighted by molar-refractivity contribution is 0.0956. The lowest BCUT2D eigenvalue weighted by atomic mass is 9.98. The van der Waals surface area contributed by atoms with Crippen LogP contribution in [0.1, 0.15) is 32.0 Å². The molecule has 1 aromatic heterocycles. The maximum Gasteiger partial charge on any atom is 0.131 e. The van der Waals surface area contributed by atoms with E-state index >= 15 is 0 Å². The standard InChI is InChI=1S/C11H20ClN3O/c1-7-9(10(12)15(5)14-7)6-13-11(3,4)8(2)16/h8,13,16H,6H2,1-5H3. The first-order valence-electron chi connectivity index (χ1n) is 5.36. The van der Waals surface area contributed by atoms with Crippen LogP contribution in [0.2, 0.25) is 5.15 Å². The number of hydrogen-bond donors (Lipinski definition) is 2. The van der Waals surface area contributed by atoms with Crippen LogP contribution in [0.3, 0.4) is 0 Å². The van der Waals surface area contributed by atoms with Crippen molar-refractivity contribution in [3.05, 3.63) is 16.4 Å². The van der Waals surface area contributed by atoms with Crippen molar-refractivity contribution in [2.75, 3.05) is 0 Å². The lowest BCUT2D eigenvalue weighted by Gasteiger charge is -2.29. The van der Waals surface area contributed by atoms with Gasteiger partial charge >= 0.3 is 0 Å². The fourth-order valence-corrected chi connectivity index (χ4v) is 1.58. The maximum atomic E-state index is 9.59. The molecule has 0 aliphatic rings. The van der Waals surface area contributed by atoms with Crippen LogP contribution in [0.5, 0.6) is 0 Å². The number of nitrogens with zero attached hydrogens (tertiary/aromatic N) is 2. The van der Waals surface area contributed by atoms with Gasteiger partial charge in [-0.05, 0) is 27.7 Å². The van der Waals surface area contributed by atoms with Gasteiger partial charge in [0.1, 0.15) is 5.15 Å². The molecule has 0 radical (unpaired) electrons. The van der Waals surface area contributed by atoms with E-state index in [1.165, 1.54) is 0 Å². The van der Waals surface area contributed by atoms with E-state index in [0.29, 0.717) is 11.7 Å². The maximum absolute atomic E-state index is 9.59. The summed E-state index contributed by atoms with van der Waals surface area (Å²) in [7, 11) is 1.82. The van der Waals surface area contributed by atoms with Gasteiger partial charge in [-0.3, -0.25) is 4.68 Å². The number of aryl methyl sites for hydroxylation is 2. The molecule has 2 N–H and O–H groups in total. The van der Waals surface area contributed by atoms with Crippen molar-refractivity contribution < 1.29 is 5.11 Å². The molecule has 0 amide bonds. The van der Waals surface area contributed by atoms with Gasteiger partial charge in [0.05, 0.1) is 11.8 Å². The fourth-order valence-electron chi connectivity index (χ4n) is 1.34. The largest absolute Gasteiger partial charge is 0.392 e. The second-order valence-electron chi connectivity index (χ2n) is 4.73. The highest BCUT2D eigenvalue weighted by atomic mass is 35.5. The van der Waals surface area contributed by atoms with Crippen LogP contribution in [0.15, 0.2) is 0 Å². The second-order valence-corrected chi connectivity index (χ2v) is 5.09. The highest BCUT2D eigenvalue weighted by Crippen LogP contribution is 2.19. The first-order chi connectivity index (χ1) is 7.25. The summed E-state index contributed by atoms with van der Waals surface area (Å²) in [5.74, 6) is 0. The zero-order valence-electron chi connectivity index (χ0n) is 10.5. The quantitative estimate of drug-likeness (QED) is 0.848. The van der Waals surface area contributed by atoms with Gasteiger partial charge < -0.3 is 10.4 Å². The summed E-state index contributed by atoms with van der Waals surface area (Å²) in [4.78, 5) is 0. The number of halogens is 1. The number of hydrogen-bond acceptors (Lipinski definition) is 3. The van der Waals surface area contributed by atoms with Crippen molar-refractivity contribution in [1.82, 2.24) is 15.1 Å². The number of rotatable bonds is 4. The van der Waals surface area contributed by atoms with Gasteiger partial charge in [0, 0.05) is 24.7 Å². The third kappa shape index (κ3) is 2.75. The minimum atomic E-state index is -0.428. The van der Waals surface area contributed by atoms with E-state index in [4.69, 9.17) is 11.6 Å². The normalized spacial score (nSPS) is 14.2. The number of aromatic nitrogens is 2. The van der Waals surface area contributed by atoms with Crippen molar-refractivity contribution in [3.8, 4) is 0 Å². The van der Waals surface area contributed by atoms with Crippen molar-refractivity contribution >= 4 is 11.6 Å². The van der Waals surface area contributed by atoms with Crippen LogP contribution in [0.25, 0.3) is 0 Å². The molecule has 0 saturated heterocycles. The van der Waals surface area contributed by atoms with Crippen LogP contribution in [-0.4, -0.2) is 26.5 Å². The van der Waals surface area contributed by atoms with Gasteiger partial charge in [-0.25, -0.2) is 0 Å². The van der Waals surface area contributed by atoms with E-state index in [0.717, 1.165) is 11.3 Å². The zero-order valence-corrected chi connectivity index (χ0v) is 11.3. The van der Waals surface area contributed by atoms with E-state index in [1.54, 1.807) is 11.6 Å². The van der Waals surface area contributed by atoms with E-state index in [2.05, 4.69) is 10.4 Å². The van der Waals surface area contributed by atoms with E-state index < -0.39 is 6.10 Å². The topological polar surface area (TPSA) is 50.1 Å². The Labute approximate surface area is 102 Å². The average molecular weight is 246 g/mol. The Balaban J connectivity index is 2.75. The first-order valence-corrected chi connectivity index (χ1v) is 5.74. The minimum Gasteiger partial charge on any atom is -0.392 e. The van der Waals surface area contributed by atoms with Gasteiger partial charge in [0.15, 0.2) is 0 Å². The third-order valence-electron chi connectivity index (χ3n) is 3.04. The summed E-state index contributed by atoms with van der Waals surface area (Å²) in [5.41, 5.74) is 1.56. The summed E-state index contributed by atoms with van der Waals surface area (Å²) in [6, 6.07) is 0. The molecular formula is C11H20ClN3O. The smallest absolute Gasteiger partial charge is 0.131 e. The Morgan fingerprint density at radius 3 is 2.50 bits per heavy atom. The summed E-state index contributed by atoms with van der Waals surface area (Å²) in [5, 5.41) is 17.8. The lowest BCUT2D eigenvalue weighted by Crippen LogP contribution is -2.47. The summed E-state index contributed by atoms with van der Waals surface area (Å²) in [6.45, 7) is 8.22. The van der Waals surface area contributed by atoms with E-state index in [9.17, 15) is 5.11 Å². The van der Waals surface area contributed by atoms with Crippen LogP contribution in [0, 0.1) is 6.92 Å². The molecule has 0 aliphatic heterocycles. The second kappa shape index (κ2) is 4.73. The molecular weight excluding hydrogens is 226 g/mol. The number of aliphatic hydroxyl groups is 1. The monoisotopic (exact) mass is 245 g/mol. The van der Waals surface area contributed by atoms with Crippen LogP contribution in [-0.2, 0) is 13.6 Å². The van der Waals surface area contributed by atoms with Gasteiger partial charge in [-0.1, -0.05) is 11.6 Å². The van der Waals surface area contributed by atoms with Crippen LogP contribution >= 0.6 is 11.6 Å². The Morgan fingerprint density at radius 1 is 1.56 bits per heavy atom. The third-order valence-corrected chi connectivity index (χ3v) is 3.51. The molecule has 1 aromatic rings. The molecule has 4 nitrogen and oxygen atoms in total. The van der Waals surface area contributed by atoms with Gasteiger partial charge in [0.25, 0.3) is 0 Å². The van der Waals surface area contributed by atoms with Crippen molar-refractivity contribution in [1.29, 1.82) is 0 Å². The van der Waals surface area contributed by atoms with Crippen LogP contribution in [0.4, 0.5) is 0 Å². The molecule has 0 aliphatic carbocycles. The molecule has 1 rings (SSSR count). The molecule has 92 valence electrons. The molecule has 16 heavy (non-hydrogen) atoms. The summed E-state index contributed by atoms with van der Waals surface area (Å²) in [6.07, 6.45) is -0.428. The summed E-state index contributed by atoms with van der Waals surface area (Å²) >= 11 is 6.12. The SMILES string of the molecule is Cc1nn(C)c(Cl)c1CNC(C)(C)C(C)O. The minimum absolute atomic E-state index is 0.342. The van der Waals surface area contributed by atoms with Gasteiger partial charge in [-0.2, -0.15) is 5.10 Å². The predicted octanol–water partition coefficient (Wildman–Crippen LogP) is 1.63. The fraction of sp³-hybridized carbons (Fsp3) is 0.727. The van der Waals surface area contributed by atoms with E-state index in [1.807, 2.05) is 27.8 Å². The first kappa shape index (κ1) is 13.5. The molecule has 0 saturated carbocycles. The van der Waals surface area contributed by atoms with E-state index in [-0.39, 0.29) is 5.54 Å². The van der Waals surface area contributed by atoms with Crippen molar-refractivity contribution in [2.45, 2.75) is 45.9 Å². The Bertz CT molecular complexity index is 372. The van der Waals surface area contributed by atoms with Crippen molar-refractivity contribution in [3.63, 3.8) is 0 Å². The van der Waals surface area contributed by atoms with Crippen molar-refractivity contribution in [2.24, 2.45) is 7.05 Å². The molecule has 1 heterocycles. The zero-order chi connectivity index (χ0) is 12.5. The summed E-state index contributed by atoms with van der Waals surface area (Å²) < 4.78 is 1.66. The molecule has 0 fully saturated rings. The molecule has 0 aromatic carbocycles. The molecule has 5 heteroatoms. The Morgan fingerprint density at radius 2 is 2.12 bits per heavy atom. The predicted molar refractivity (Wildman–Crippen MR) is 65.6 cm³/mol. The highest BCUT2D eigenvalue weighted by Gasteiger charge is 2.24. The Kier molecular flexibility index (Phi) is 3.99. The highest BCUT2D eigenvalue weighted by molar-refractivity contribution is 6.30. The number of nitrogens with one attached hydrogen (secondary N) is 1. The molecule has 1 atom stereocenters. The Hall–Kier alpha value is -0.580. The molecule has 0 bridgehead atoms. The van der Waals surface area contributed by atoms with Gasteiger partial charge in [-0.15, -0.1) is 0 Å². The average Bonchev–Trinajstić information content (AvgIpc) is 2.39. The van der Waals surface area contributed by atoms with Crippen LogP contribution < -0.4 is 5.32 Å². The number of aliphatic hydroxyl groups excluding tert-OH is 1.